The van der Waals surface area contributed by atoms with Gasteiger partial charge in [0.25, 0.3) is 0 Å². The number of hydrogen-bond acceptors (Lipinski definition) is 4. The fraction of sp³-hybridized carbons (Fsp3) is 0.909. The molecule has 0 aliphatic carbocycles. The van der Waals surface area contributed by atoms with Crippen molar-refractivity contribution in [2.75, 3.05) is 33.4 Å². The molecular formula is C11H21NO3. The average molecular weight is 215 g/mol. The van der Waals surface area contributed by atoms with E-state index in [1.165, 1.54) is 0 Å². The lowest BCUT2D eigenvalue weighted by atomic mass is 9.94. The number of ether oxygens (including phenoxy) is 1. The molecule has 0 aromatic rings. The molecule has 1 heterocycles. The van der Waals surface area contributed by atoms with Crippen LogP contribution in [-0.4, -0.2) is 55.2 Å². The van der Waals surface area contributed by atoms with Gasteiger partial charge in [-0.25, -0.2) is 0 Å². The number of likely N-dealkylation sites (tertiary alicyclic amines) is 1. The Kier molecular flexibility index (Phi) is 5.22. The van der Waals surface area contributed by atoms with Crippen LogP contribution >= 0.6 is 0 Å². The third-order valence-corrected chi connectivity index (χ3v) is 2.93. The van der Waals surface area contributed by atoms with Crippen LogP contribution in [0.5, 0.6) is 0 Å². The average Bonchev–Trinajstić information content (AvgIpc) is 2.21. The number of nitrogens with zero attached hydrogens (tertiary/aromatic N) is 1. The van der Waals surface area contributed by atoms with Gasteiger partial charge in [-0.2, -0.15) is 0 Å². The maximum atomic E-state index is 11.5. The molecular weight excluding hydrogens is 194 g/mol. The molecule has 0 spiro atoms. The van der Waals surface area contributed by atoms with Crippen molar-refractivity contribution in [2.24, 2.45) is 5.92 Å². The summed E-state index contributed by atoms with van der Waals surface area (Å²) < 4.78 is 4.88. The van der Waals surface area contributed by atoms with E-state index in [1.807, 2.05) is 6.92 Å². The molecule has 0 bridgehead atoms. The van der Waals surface area contributed by atoms with Gasteiger partial charge in [-0.1, -0.05) is 6.92 Å². The Hall–Kier alpha value is -0.450. The maximum Gasteiger partial charge on any atom is 0.138 e. The molecule has 1 N–H and O–H groups in total. The van der Waals surface area contributed by atoms with Crippen LogP contribution < -0.4 is 0 Å². The fourth-order valence-electron chi connectivity index (χ4n) is 2.04. The zero-order chi connectivity index (χ0) is 11.3. The van der Waals surface area contributed by atoms with E-state index in [-0.39, 0.29) is 5.92 Å². The molecule has 1 saturated heterocycles. The Bertz CT molecular complexity index is 208. The van der Waals surface area contributed by atoms with Crippen LogP contribution in [0, 0.1) is 5.92 Å². The second-order valence-corrected chi connectivity index (χ2v) is 4.19. The van der Waals surface area contributed by atoms with Crippen LogP contribution in [0.2, 0.25) is 0 Å². The standard InChI is InChI=1S/C11H21NO3/c1-3-9-6-12(5-4-11(9)14)7-10(13)8-15-2/h9-10,13H,3-8H2,1-2H3. The van der Waals surface area contributed by atoms with E-state index in [1.54, 1.807) is 7.11 Å². The smallest absolute Gasteiger partial charge is 0.138 e. The Labute approximate surface area is 91.2 Å². The summed E-state index contributed by atoms with van der Waals surface area (Å²) in [6.07, 6.45) is 1.08. The highest BCUT2D eigenvalue weighted by molar-refractivity contribution is 5.82. The first-order chi connectivity index (χ1) is 7.17. The van der Waals surface area contributed by atoms with Gasteiger partial charge < -0.3 is 9.84 Å². The third-order valence-electron chi connectivity index (χ3n) is 2.93. The molecule has 0 radical (unpaired) electrons. The topological polar surface area (TPSA) is 49.8 Å². The zero-order valence-corrected chi connectivity index (χ0v) is 9.61. The van der Waals surface area contributed by atoms with Crippen molar-refractivity contribution in [1.82, 2.24) is 4.90 Å². The number of β-amino-alcohol motifs (C(OH)–C–C–N with tert-alkyl or cyclic N) is 1. The normalized spacial score (nSPS) is 25.5. The molecule has 0 aromatic carbocycles. The van der Waals surface area contributed by atoms with Crippen LogP contribution in [-0.2, 0) is 9.53 Å². The first-order valence-corrected chi connectivity index (χ1v) is 5.59. The number of aliphatic hydroxyl groups is 1. The van der Waals surface area contributed by atoms with Crippen LogP contribution in [0.15, 0.2) is 0 Å². The monoisotopic (exact) mass is 215 g/mol. The number of Topliss-reactive ketones (excluding diaryl/α,β-unsaturated/α-hetero) is 1. The molecule has 1 rings (SSSR count). The van der Waals surface area contributed by atoms with Crippen molar-refractivity contribution >= 4 is 5.78 Å². The van der Waals surface area contributed by atoms with E-state index < -0.39 is 6.10 Å². The predicted molar refractivity (Wildman–Crippen MR) is 57.7 cm³/mol. The summed E-state index contributed by atoms with van der Waals surface area (Å²) in [5.74, 6) is 0.531. The summed E-state index contributed by atoms with van der Waals surface area (Å²) in [7, 11) is 1.58. The van der Waals surface area contributed by atoms with E-state index in [0.717, 1.165) is 19.5 Å². The summed E-state index contributed by atoms with van der Waals surface area (Å²) in [5, 5.41) is 9.57. The number of aliphatic hydroxyl groups excluding tert-OH is 1. The minimum Gasteiger partial charge on any atom is -0.389 e. The van der Waals surface area contributed by atoms with Crippen LogP contribution in [0.1, 0.15) is 19.8 Å². The minimum atomic E-state index is -0.444. The number of carbonyl (C=O) groups excluding carboxylic acids is 1. The molecule has 4 nitrogen and oxygen atoms in total. The van der Waals surface area contributed by atoms with E-state index in [0.29, 0.717) is 25.4 Å². The second kappa shape index (κ2) is 6.20. The number of carbonyl (C=O) groups is 1. The van der Waals surface area contributed by atoms with Gasteiger partial charge in [0.05, 0.1) is 12.7 Å². The summed E-state index contributed by atoms with van der Waals surface area (Å²) in [4.78, 5) is 13.6. The van der Waals surface area contributed by atoms with Crippen molar-refractivity contribution in [3.05, 3.63) is 0 Å². The first-order valence-electron chi connectivity index (χ1n) is 5.59. The van der Waals surface area contributed by atoms with E-state index in [9.17, 15) is 9.90 Å². The number of rotatable bonds is 5. The molecule has 2 atom stereocenters. The maximum absolute atomic E-state index is 11.5. The van der Waals surface area contributed by atoms with Crippen LogP contribution in [0.4, 0.5) is 0 Å². The highest BCUT2D eigenvalue weighted by Gasteiger charge is 2.26. The molecule has 1 aliphatic rings. The lowest BCUT2D eigenvalue weighted by molar-refractivity contribution is -0.126. The fourth-order valence-corrected chi connectivity index (χ4v) is 2.04. The van der Waals surface area contributed by atoms with E-state index in [2.05, 4.69) is 4.90 Å². The molecule has 1 aliphatic heterocycles. The summed E-state index contributed by atoms with van der Waals surface area (Å²) in [6, 6.07) is 0. The Morgan fingerprint density at radius 3 is 3.00 bits per heavy atom. The number of ketones is 1. The molecule has 15 heavy (non-hydrogen) atoms. The van der Waals surface area contributed by atoms with Gasteiger partial charge in [0.2, 0.25) is 0 Å². The van der Waals surface area contributed by atoms with Crippen molar-refractivity contribution < 1.29 is 14.6 Å². The van der Waals surface area contributed by atoms with Gasteiger partial charge in [0.1, 0.15) is 5.78 Å². The molecule has 0 amide bonds. The van der Waals surface area contributed by atoms with Gasteiger partial charge in [-0.05, 0) is 6.42 Å². The van der Waals surface area contributed by atoms with Gasteiger partial charge in [-0.15, -0.1) is 0 Å². The van der Waals surface area contributed by atoms with E-state index >= 15 is 0 Å². The zero-order valence-electron chi connectivity index (χ0n) is 9.61. The Morgan fingerprint density at radius 2 is 2.40 bits per heavy atom. The number of piperidine rings is 1. The van der Waals surface area contributed by atoms with Crippen LogP contribution in [0.3, 0.4) is 0 Å². The quantitative estimate of drug-likeness (QED) is 0.716. The van der Waals surface area contributed by atoms with Crippen LogP contribution in [0.25, 0.3) is 0 Å². The molecule has 1 fully saturated rings. The highest BCUT2D eigenvalue weighted by Crippen LogP contribution is 2.16. The SMILES string of the molecule is CCC1CN(CC(O)COC)CCC1=O. The predicted octanol–water partition coefficient (Wildman–Crippen LogP) is 0.295. The molecule has 2 unspecified atom stereocenters. The lowest BCUT2D eigenvalue weighted by Gasteiger charge is -2.32. The van der Waals surface area contributed by atoms with Crippen molar-refractivity contribution in [3.8, 4) is 0 Å². The first kappa shape index (κ1) is 12.6. The number of hydrogen-bond donors (Lipinski definition) is 1. The number of methoxy groups -OCH3 is 1. The minimum absolute atomic E-state index is 0.161. The van der Waals surface area contributed by atoms with Crippen molar-refractivity contribution in [3.63, 3.8) is 0 Å². The molecule has 0 aromatic heterocycles. The summed E-state index contributed by atoms with van der Waals surface area (Å²) >= 11 is 0. The molecule has 4 heteroatoms. The second-order valence-electron chi connectivity index (χ2n) is 4.19. The molecule has 0 saturated carbocycles. The van der Waals surface area contributed by atoms with E-state index in [4.69, 9.17) is 4.74 Å². The molecule has 88 valence electrons. The Morgan fingerprint density at radius 1 is 1.67 bits per heavy atom. The van der Waals surface area contributed by atoms with Gasteiger partial charge in [0.15, 0.2) is 0 Å². The van der Waals surface area contributed by atoms with Crippen molar-refractivity contribution in [1.29, 1.82) is 0 Å². The third kappa shape index (κ3) is 3.89. The summed E-state index contributed by atoms with van der Waals surface area (Å²) in [5.41, 5.74) is 0. The highest BCUT2D eigenvalue weighted by atomic mass is 16.5. The van der Waals surface area contributed by atoms with Gasteiger partial charge >= 0.3 is 0 Å². The van der Waals surface area contributed by atoms with Gasteiger partial charge in [-0.3, -0.25) is 9.69 Å². The lowest BCUT2D eigenvalue weighted by Crippen LogP contribution is -2.44. The summed E-state index contributed by atoms with van der Waals surface area (Å²) in [6.45, 7) is 4.57. The Balaban J connectivity index is 2.34. The largest absolute Gasteiger partial charge is 0.389 e. The van der Waals surface area contributed by atoms with Crippen molar-refractivity contribution in [2.45, 2.75) is 25.9 Å². The van der Waals surface area contributed by atoms with Gasteiger partial charge in [0, 0.05) is 39.1 Å².